The van der Waals surface area contributed by atoms with Crippen LogP contribution in [0.25, 0.3) is 0 Å². The van der Waals surface area contributed by atoms with E-state index in [1.165, 1.54) is 6.92 Å². The van der Waals surface area contributed by atoms with E-state index in [-0.39, 0.29) is 0 Å². The van der Waals surface area contributed by atoms with E-state index in [9.17, 15) is 9.59 Å². The van der Waals surface area contributed by atoms with Crippen molar-refractivity contribution >= 4 is 23.5 Å². The Labute approximate surface area is 129 Å². The van der Waals surface area contributed by atoms with Crippen LogP contribution in [0.15, 0.2) is 18.2 Å². The third-order valence-electron chi connectivity index (χ3n) is 2.72. The Bertz CT molecular complexity index is 508. The largest absolute Gasteiger partial charge is 0.480 e. The Hall–Kier alpha value is -1.79. The van der Waals surface area contributed by atoms with Crippen molar-refractivity contribution in [3.63, 3.8) is 0 Å². The third-order valence-corrected chi connectivity index (χ3v) is 3.08. The molecule has 1 atom stereocenters. The zero-order valence-corrected chi connectivity index (χ0v) is 12.9. The number of amides is 3. The van der Waals surface area contributed by atoms with Gasteiger partial charge in [-0.3, -0.25) is 10.1 Å². The molecule has 0 saturated heterocycles. The molecule has 1 aromatic carbocycles. The number of urea groups is 1. The molecule has 0 aliphatic carbocycles. The number of carbonyl (C=O) groups is 2. The lowest BCUT2D eigenvalue weighted by molar-refractivity contribution is -0.126. The van der Waals surface area contributed by atoms with Crippen molar-refractivity contribution in [1.29, 1.82) is 0 Å². The van der Waals surface area contributed by atoms with Crippen molar-refractivity contribution in [1.82, 2.24) is 10.6 Å². The second-order valence-electron chi connectivity index (χ2n) is 4.51. The summed E-state index contributed by atoms with van der Waals surface area (Å²) in [5, 5.41) is 5.76. The molecule has 0 aliphatic heterocycles. The van der Waals surface area contributed by atoms with Crippen molar-refractivity contribution in [2.45, 2.75) is 32.9 Å². The molecule has 0 aliphatic rings. The number of hydrogen-bond donors (Lipinski definition) is 3. The highest BCUT2D eigenvalue weighted by atomic mass is 35.5. The summed E-state index contributed by atoms with van der Waals surface area (Å²) in [6.45, 7) is 4.98. The maximum atomic E-state index is 11.6. The van der Waals surface area contributed by atoms with E-state index in [0.717, 1.165) is 18.5 Å². The topological polar surface area (TPSA) is 93.4 Å². The number of primary amides is 1. The van der Waals surface area contributed by atoms with E-state index in [2.05, 4.69) is 12.2 Å². The molecule has 1 unspecified atom stereocenters. The third kappa shape index (κ3) is 5.61. The highest BCUT2D eigenvalue weighted by Crippen LogP contribution is 2.27. The monoisotopic (exact) mass is 313 g/mol. The fraction of sp³-hybridized carbons (Fsp3) is 0.429. The molecule has 116 valence electrons. The van der Waals surface area contributed by atoms with E-state index >= 15 is 0 Å². The number of imide groups is 1. The zero-order chi connectivity index (χ0) is 15.8. The van der Waals surface area contributed by atoms with Crippen molar-refractivity contribution in [3.8, 4) is 5.75 Å². The second kappa shape index (κ2) is 8.49. The van der Waals surface area contributed by atoms with E-state index in [4.69, 9.17) is 22.1 Å². The molecule has 0 heterocycles. The van der Waals surface area contributed by atoms with Crippen LogP contribution < -0.4 is 21.1 Å². The SMILES string of the molecule is CCCNCc1c(Cl)cccc1OC(C)C(=O)NC(N)=O. The molecule has 4 N–H and O–H groups in total. The smallest absolute Gasteiger partial charge is 0.318 e. The van der Waals surface area contributed by atoms with Crippen LogP contribution in [-0.2, 0) is 11.3 Å². The summed E-state index contributed by atoms with van der Waals surface area (Å²) in [4.78, 5) is 22.3. The molecule has 0 aromatic heterocycles. The van der Waals surface area contributed by atoms with Gasteiger partial charge in [-0.1, -0.05) is 24.6 Å². The lowest BCUT2D eigenvalue weighted by atomic mass is 10.2. The number of benzene rings is 1. The first-order valence-corrected chi connectivity index (χ1v) is 7.08. The second-order valence-corrected chi connectivity index (χ2v) is 4.91. The number of hydrogen-bond acceptors (Lipinski definition) is 4. The molecule has 1 rings (SSSR count). The first-order chi connectivity index (χ1) is 9.95. The standard InChI is InChI=1S/C14H20ClN3O3/c1-3-7-17-8-10-11(15)5-4-6-12(10)21-9(2)13(19)18-14(16)20/h4-6,9,17H,3,7-8H2,1-2H3,(H3,16,18,19,20). The van der Waals surface area contributed by atoms with Crippen molar-refractivity contribution in [3.05, 3.63) is 28.8 Å². The van der Waals surface area contributed by atoms with E-state index in [1.807, 2.05) is 5.32 Å². The number of nitrogens with two attached hydrogens (primary N) is 1. The average Bonchev–Trinajstić information content (AvgIpc) is 2.41. The van der Waals surface area contributed by atoms with Crippen LogP contribution in [0.5, 0.6) is 5.75 Å². The summed E-state index contributed by atoms with van der Waals surface area (Å²) in [6.07, 6.45) is 0.138. The van der Waals surface area contributed by atoms with Gasteiger partial charge in [0.1, 0.15) is 5.75 Å². The Morgan fingerprint density at radius 1 is 1.43 bits per heavy atom. The molecule has 0 spiro atoms. The molecular weight excluding hydrogens is 294 g/mol. The molecule has 7 heteroatoms. The maximum absolute atomic E-state index is 11.6. The Balaban J connectivity index is 2.79. The van der Waals surface area contributed by atoms with Gasteiger partial charge in [0.05, 0.1) is 0 Å². The van der Waals surface area contributed by atoms with Gasteiger partial charge >= 0.3 is 6.03 Å². The lowest BCUT2D eigenvalue weighted by Gasteiger charge is -2.17. The van der Waals surface area contributed by atoms with Gasteiger partial charge in [0.2, 0.25) is 0 Å². The maximum Gasteiger partial charge on any atom is 0.318 e. The van der Waals surface area contributed by atoms with Gasteiger partial charge in [0.15, 0.2) is 6.10 Å². The Morgan fingerprint density at radius 2 is 2.14 bits per heavy atom. The summed E-state index contributed by atoms with van der Waals surface area (Å²) in [5.74, 6) is -0.104. The molecule has 0 radical (unpaired) electrons. The number of halogens is 1. The van der Waals surface area contributed by atoms with E-state index < -0.39 is 18.0 Å². The highest BCUT2D eigenvalue weighted by Gasteiger charge is 2.18. The number of ether oxygens (including phenoxy) is 1. The molecule has 0 saturated carbocycles. The van der Waals surface area contributed by atoms with E-state index in [1.54, 1.807) is 18.2 Å². The normalized spacial score (nSPS) is 11.8. The van der Waals surface area contributed by atoms with Crippen LogP contribution in [0.2, 0.25) is 5.02 Å². The minimum atomic E-state index is -0.911. The van der Waals surface area contributed by atoms with Gasteiger partial charge in [-0.2, -0.15) is 0 Å². The summed E-state index contributed by atoms with van der Waals surface area (Å²) < 4.78 is 5.58. The predicted octanol–water partition coefficient (Wildman–Crippen LogP) is 1.80. The molecule has 6 nitrogen and oxygen atoms in total. The van der Waals surface area contributed by atoms with Crippen LogP contribution in [0, 0.1) is 0 Å². The van der Waals surface area contributed by atoms with Crippen LogP contribution in [0.3, 0.4) is 0 Å². The van der Waals surface area contributed by atoms with Gasteiger partial charge < -0.3 is 15.8 Å². The zero-order valence-electron chi connectivity index (χ0n) is 12.1. The lowest BCUT2D eigenvalue weighted by Crippen LogP contribution is -2.42. The predicted molar refractivity (Wildman–Crippen MR) is 81.3 cm³/mol. The molecule has 0 fully saturated rings. The van der Waals surface area contributed by atoms with Gasteiger partial charge in [-0.25, -0.2) is 4.79 Å². The van der Waals surface area contributed by atoms with Gasteiger partial charge in [0.25, 0.3) is 5.91 Å². The van der Waals surface area contributed by atoms with Crippen molar-refractivity contribution in [2.24, 2.45) is 5.73 Å². The highest BCUT2D eigenvalue weighted by molar-refractivity contribution is 6.31. The van der Waals surface area contributed by atoms with Crippen molar-refractivity contribution < 1.29 is 14.3 Å². The first kappa shape index (κ1) is 17.3. The van der Waals surface area contributed by atoms with Gasteiger partial charge in [-0.15, -0.1) is 0 Å². The number of carbonyl (C=O) groups excluding carboxylic acids is 2. The van der Waals surface area contributed by atoms with Gasteiger partial charge in [-0.05, 0) is 32.0 Å². The molecule has 0 bridgehead atoms. The minimum absolute atomic E-state index is 0.498. The van der Waals surface area contributed by atoms with Crippen LogP contribution >= 0.6 is 11.6 Å². The van der Waals surface area contributed by atoms with Crippen LogP contribution in [0.4, 0.5) is 4.79 Å². The summed E-state index contributed by atoms with van der Waals surface area (Å²) >= 11 is 6.16. The number of nitrogens with one attached hydrogen (secondary N) is 2. The summed E-state index contributed by atoms with van der Waals surface area (Å²) in [7, 11) is 0. The molecule has 3 amide bonds. The first-order valence-electron chi connectivity index (χ1n) is 6.70. The Morgan fingerprint density at radius 3 is 2.76 bits per heavy atom. The molecular formula is C14H20ClN3O3. The van der Waals surface area contributed by atoms with E-state index in [0.29, 0.717) is 17.3 Å². The Kier molecular flexibility index (Phi) is 6.98. The average molecular weight is 314 g/mol. The van der Waals surface area contributed by atoms with Crippen LogP contribution in [0.1, 0.15) is 25.8 Å². The molecule has 21 heavy (non-hydrogen) atoms. The summed E-state index contributed by atoms with van der Waals surface area (Å²) in [5.41, 5.74) is 5.67. The quantitative estimate of drug-likeness (QED) is 0.669. The van der Waals surface area contributed by atoms with Crippen LogP contribution in [-0.4, -0.2) is 24.6 Å². The number of rotatable bonds is 7. The fourth-order valence-electron chi connectivity index (χ4n) is 1.68. The summed E-state index contributed by atoms with van der Waals surface area (Å²) in [6, 6.07) is 4.31. The van der Waals surface area contributed by atoms with Gasteiger partial charge in [0, 0.05) is 17.1 Å². The van der Waals surface area contributed by atoms with Crippen molar-refractivity contribution in [2.75, 3.05) is 6.54 Å². The fourth-order valence-corrected chi connectivity index (χ4v) is 1.91. The minimum Gasteiger partial charge on any atom is -0.480 e. The molecule has 1 aromatic rings.